The fourth-order valence-corrected chi connectivity index (χ4v) is 1.47. The second-order valence-corrected chi connectivity index (χ2v) is 4.31. The Balaban J connectivity index is 3.92. The SMILES string of the molecule is CCNCCCNC(=O)NC(C(=O)O)C(C)CC. The molecule has 0 rings (SSSR count). The molecule has 0 radical (unpaired) electrons. The van der Waals surface area contributed by atoms with Gasteiger partial charge in [0.25, 0.3) is 0 Å². The number of hydrogen-bond donors (Lipinski definition) is 4. The Morgan fingerprint density at radius 1 is 1.22 bits per heavy atom. The van der Waals surface area contributed by atoms with Gasteiger partial charge >= 0.3 is 12.0 Å². The van der Waals surface area contributed by atoms with E-state index in [0.29, 0.717) is 13.0 Å². The molecule has 0 aromatic heterocycles. The van der Waals surface area contributed by atoms with Gasteiger partial charge in [-0.25, -0.2) is 9.59 Å². The summed E-state index contributed by atoms with van der Waals surface area (Å²) in [6.07, 6.45) is 1.53. The summed E-state index contributed by atoms with van der Waals surface area (Å²) in [5.41, 5.74) is 0. The largest absolute Gasteiger partial charge is 0.480 e. The first kappa shape index (κ1) is 16.7. The van der Waals surface area contributed by atoms with E-state index < -0.39 is 18.0 Å². The van der Waals surface area contributed by atoms with Crippen LogP contribution in [-0.2, 0) is 4.79 Å². The van der Waals surface area contributed by atoms with E-state index in [9.17, 15) is 9.59 Å². The van der Waals surface area contributed by atoms with Crippen molar-refractivity contribution >= 4 is 12.0 Å². The van der Waals surface area contributed by atoms with Crippen LogP contribution < -0.4 is 16.0 Å². The van der Waals surface area contributed by atoms with Crippen molar-refractivity contribution in [1.29, 1.82) is 0 Å². The zero-order chi connectivity index (χ0) is 14.0. The number of rotatable bonds is 9. The van der Waals surface area contributed by atoms with Crippen molar-refractivity contribution in [3.63, 3.8) is 0 Å². The molecule has 0 saturated carbocycles. The number of amides is 2. The van der Waals surface area contributed by atoms with E-state index in [-0.39, 0.29) is 5.92 Å². The topological polar surface area (TPSA) is 90.5 Å². The maximum Gasteiger partial charge on any atom is 0.326 e. The summed E-state index contributed by atoms with van der Waals surface area (Å²) in [7, 11) is 0. The summed E-state index contributed by atoms with van der Waals surface area (Å²) in [5.74, 6) is -1.08. The van der Waals surface area contributed by atoms with Gasteiger partial charge < -0.3 is 21.1 Å². The molecule has 0 saturated heterocycles. The molecule has 0 heterocycles. The van der Waals surface area contributed by atoms with Gasteiger partial charge in [-0.1, -0.05) is 27.2 Å². The highest BCUT2D eigenvalue weighted by atomic mass is 16.4. The van der Waals surface area contributed by atoms with E-state index in [2.05, 4.69) is 16.0 Å². The zero-order valence-corrected chi connectivity index (χ0v) is 11.5. The Hall–Kier alpha value is -1.30. The molecule has 0 spiro atoms. The first-order chi connectivity index (χ1) is 8.52. The number of carbonyl (C=O) groups is 2. The number of aliphatic carboxylic acids is 1. The third-order valence-electron chi connectivity index (χ3n) is 2.83. The van der Waals surface area contributed by atoms with Gasteiger partial charge in [-0.15, -0.1) is 0 Å². The summed E-state index contributed by atoms with van der Waals surface area (Å²) >= 11 is 0. The van der Waals surface area contributed by atoms with Crippen LogP contribution in [0.3, 0.4) is 0 Å². The summed E-state index contributed by atoms with van der Waals surface area (Å²) in [5, 5.41) is 17.3. The van der Waals surface area contributed by atoms with Crippen LogP contribution in [0, 0.1) is 5.92 Å². The maximum atomic E-state index is 11.5. The molecule has 6 heteroatoms. The number of carbonyl (C=O) groups excluding carboxylic acids is 1. The Bertz CT molecular complexity index is 259. The van der Waals surface area contributed by atoms with Crippen LogP contribution in [0.1, 0.15) is 33.6 Å². The van der Waals surface area contributed by atoms with Gasteiger partial charge in [0.15, 0.2) is 0 Å². The van der Waals surface area contributed by atoms with Crippen molar-refractivity contribution in [3.8, 4) is 0 Å². The Kier molecular flexibility index (Phi) is 9.00. The van der Waals surface area contributed by atoms with E-state index in [1.807, 2.05) is 20.8 Å². The molecule has 4 N–H and O–H groups in total. The maximum absolute atomic E-state index is 11.5. The van der Waals surface area contributed by atoms with Crippen LogP contribution in [0.15, 0.2) is 0 Å². The highest BCUT2D eigenvalue weighted by Crippen LogP contribution is 2.07. The van der Waals surface area contributed by atoms with Crippen LogP contribution in [0.4, 0.5) is 4.79 Å². The second kappa shape index (κ2) is 9.70. The molecular formula is C12H25N3O3. The number of urea groups is 1. The molecule has 0 fully saturated rings. The zero-order valence-electron chi connectivity index (χ0n) is 11.5. The van der Waals surface area contributed by atoms with Crippen LogP contribution in [0.5, 0.6) is 0 Å². The number of carboxylic acid groups (broad SMARTS) is 1. The lowest BCUT2D eigenvalue weighted by molar-refractivity contribution is -0.140. The van der Waals surface area contributed by atoms with Crippen LogP contribution >= 0.6 is 0 Å². The van der Waals surface area contributed by atoms with Gasteiger partial charge in [0, 0.05) is 6.54 Å². The number of hydrogen-bond acceptors (Lipinski definition) is 3. The standard InChI is InChI=1S/C12H25N3O3/c1-4-9(3)10(11(16)17)15-12(18)14-8-6-7-13-5-2/h9-10,13H,4-8H2,1-3H3,(H,16,17)(H2,14,15,18). The van der Waals surface area contributed by atoms with Gasteiger partial charge in [-0.2, -0.15) is 0 Å². The fraction of sp³-hybridized carbons (Fsp3) is 0.833. The summed E-state index contributed by atoms with van der Waals surface area (Å²) in [4.78, 5) is 22.5. The number of carboxylic acids is 1. The molecule has 2 unspecified atom stereocenters. The molecule has 0 aliphatic rings. The molecular weight excluding hydrogens is 234 g/mol. The van der Waals surface area contributed by atoms with Crippen molar-refractivity contribution in [2.75, 3.05) is 19.6 Å². The molecule has 2 amide bonds. The normalized spacial score (nSPS) is 13.7. The van der Waals surface area contributed by atoms with Gasteiger partial charge in [-0.05, 0) is 25.4 Å². The van der Waals surface area contributed by atoms with E-state index in [1.165, 1.54) is 0 Å². The summed E-state index contributed by atoms with van der Waals surface area (Å²) < 4.78 is 0. The van der Waals surface area contributed by atoms with Crippen LogP contribution in [-0.4, -0.2) is 42.8 Å². The average Bonchev–Trinajstić information content (AvgIpc) is 2.34. The van der Waals surface area contributed by atoms with E-state index >= 15 is 0 Å². The van der Waals surface area contributed by atoms with Gasteiger partial charge in [0.2, 0.25) is 0 Å². The average molecular weight is 259 g/mol. The van der Waals surface area contributed by atoms with Gasteiger partial charge in [0.1, 0.15) is 6.04 Å². The van der Waals surface area contributed by atoms with Gasteiger partial charge in [-0.3, -0.25) is 0 Å². The van der Waals surface area contributed by atoms with E-state index in [0.717, 1.165) is 19.5 Å². The third kappa shape index (κ3) is 7.11. The smallest absolute Gasteiger partial charge is 0.326 e. The van der Waals surface area contributed by atoms with Crippen molar-refractivity contribution in [1.82, 2.24) is 16.0 Å². The van der Waals surface area contributed by atoms with Crippen molar-refractivity contribution in [3.05, 3.63) is 0 Å². The Morgan fingerprint density at radius 2 is 1.89 bits per heavy atom. The second-order valence-electron chi connectivity index (χ2n) is 4.31. The molecule has 0 aromatic carbocycles. The Morgan fingerprint density at radius 3 is 2.39 bits per heavy atom. The minimum Gasteiger partial charge on any atom is -0.480 e. The highest BCUT2D eigenvalue weighted by molar-refractivity contribution is 5.82. The lowest BCUT2D eigenvalue weighted by Crippen LogP contribution is -2.49. The van der Waals surface area contributed by atoms with Crippen molar-refractivity contribution in [2.45, 2.75) is 39.7 Å². The quantitative estimate of drug-likeness (QED) is 0.461. The molecule has 0 bridgehead atoms. The van der Waals surface area contributed by atoms with Gasteiger partial charge in [0.05, 0.1) is 0 Å². The summed E-state index contributed by atoms with van der Waals surface area (Å²) in [6.45, 7) is 8.00. The van der Waals surface area contributed by atoms with Crippen LogP contribution in [0.2, 0.25) is 0 Å². The fourth-order valence-electron chi connectivity index (χ4n) is 1.47. The first-order valence-electron chi connectivity index (χ1n) is 6.50. The first-order valence-corrected chi connectivity index (χ1v) is 6.50. The molecule has 0 aromatic rings. The molecule has 0 aliphatic carbocycles. The molecule has 18 heavy (non-hydrogen) atoms. The minimum absolute atomic E-state index is 0.0880. The third-order valence-corrected chi connectivity index (χ3v) is 2.83. The molecule has 106 valence electrons. The molecule has 6 nitrogen and oxygen atoms in total. The molecule has 0 aliphatic heterocycles. The highest BCUT2D eigenvalue weighted by Gasteiger charge is 2.24. The lowest BCUT2D eigenvalue weighted by atomic mass is 9.99. The van der Waals surface area contributed by atoms with Crippen LogP contribution in [0.25, 0.3) is 0 Å². The number of nitrogens with one attached hydrogen (secondary N) is 3. The Labute approximate surface area is 109 Å². The summed E-state index contributed by atoms with van der Waals surface area (Å²) in [6, 6.07) is -1.25. The van der Waals surface area contributed by atoms with E-state index in [1.54, 1.807) is 0 Å². The lowest BCUT2D eigenvalue weighted by Gasteiger charge is -2.20. The van der Waals surface area contributed by atoms with E-state index in [4.69, 9.17) is 5.11 Å². The predicted molar refractivity (Wildman–Crippen MR) is 70.6 cm³/mol. The predicted octanol–water partition coefficient (Wildman–Crippen LogP) is 0.785. The monoisotopic (exact) mass is 259 g/mol. The van der Waals surface area contributed by atoms with Crippen molar-refractivity contribution < 1.29 is 14.7 Å². The minimum atomic E-state index is -0.993. The van der Waals surface area contributed by atoms with Crippen molar-refractivity contribution in [2.24, 2.45) is 5.92 Å². The molecule has 2 atom stereocenters.